The van der Waals surface area contributed by atoms with E-state index >= 15 is 0 Å². The molecule has 1 N–H and O–H groups in total. The predicted octanol–water partition coefficient (Wildman–Crippen LogP) is 2.37. The number of rotatable bonds is 7. The van der Waals surface area contributed by atoms with Crippen molar-refractivity contribution in [2.45, 2.75) is 45.3 Å². The van der Waals surface area contributed by atoms with Gasteiger partial charge in [-0.2, -0.15) is 8.42 Å². The Hall–Kier alpha value is -1.57. The van der Waals surface area contributed by atoms with E-state index in [2.05, 4.69) is 0 Å². The molecule has 0 amide bonds. The van der Waals surface area contributed by atoms with Crippen molar-refractivity contribution in [1.29, 1.82) is 0 Å². The Morgan fingerprint density at radius 3 is 2.52 bits per heavy atom. The molecule has 0 aromatic carbocycles. The van der Waals surface area contributed by atoms with Crippen molar-refractivity contribution < 1.29 is 26.5 Å². The van der Waals surface area contributed by atoms with Crippen LogP contribution in [0.5, 0.6) is 0 Å². The largest absolute Gasteiger partial charge is 0.469 e. The molecule has 128 valence electrons. The van der Waals surface area contributed by atoms with Crippen LogP contribution in [-0.2, 0) is 27.1 Å². The first-order chi connectivity index (χ1) is 10.6. The molecule has 0 radical (unpaired) electrons. The van der Waals surface area contributed by atoms with Gasteiger partial charge in [0.2, 0.25) is 0 Å². The molecular weight excluding hydrogens is 320 g/mol. The van der Waals surface area contributed by atoms with Gasteiger partial charge in [-0.1, -0.05) is 0 Å². The van der Waals surface area contributed by atoms with Crippen LogP contribution in [-0.4, -0.2) is 31.5 Å². The van der Waals surface area contributed by atoms with Crippen molar-refractivity contribution in [1.82, 2.24) is 0 Å². The minimum absolute atomic E-state index is 0.126. The Morgan fingerprint density at radius 2 is 2.04 bits per heavy atom. The molecule has 2 aromatic heterocycles. The van der Waals surface area contributed by atoms with Gasteiger partial charge in [0.25, 0.3) is 10.1 Å². The van der Waals surface area contributed by atoms with Gasteiger partial charge >= 0.3 is 0 Å². The van der Waals surface area contributed by atoms with Gasteiger partial charge in [0.15, 0.2) is 0 Å². The van der Waals surface area contributed by atoms with Crippen molar-refractivity contribution in [2.75, 3.05) is 6.26 Å². The van der Waals surface area contributed by atoms with Gasteiger partial charge < -0.3 is 13.9 Å². The summed E-state index contributed by atoms with van der Waals surface area (Å²) < 4.78 is 39.0. The molecule has 23 heavy (non-hydrogen) atoms. The number of aliphatic hydroxyl groups is 1. The number of hydrogen-bond acceptors (Lipinski definition) is 6. The third kappa shape index (κ3) is 4.95. The van der Waals surface area contributed by atoms with Crippen LogP contribution in [0.4, 0.5) is 0 Å². The Labute approximate surface area is 136 Å². The summed E-state index contributed by atoms with van der Waals surface area (Å²) >= 11 is 0. The van der Waals surface area contributed by atoms with Crippen LogP contribution in [0.2, 0.25) is 0 Å². The molecule has 2 rings (SSSR count). The lowest BCUT2D eigenvalue weighted by molar-refractivity contribution is -0.0488. The minimum atomic E-state index is -3.74. The van der Waals surface area contributed by atoms with Crippen LogP contribution in [0, 0.1) is 13.8 Å². The molecule has 0 fully saturated rings. The highest BCUT2D eigenvalue weighted by Gasteiger charge is 2.37. The van der Waals surface area contributed by atoms with Gasteiger partial charge in [0.1, 0.15) is 17.6 Å². The number of furan rings is 2. The molecule has 2 unspecified atom stereocenters. The minimum Gasteiger partial charge on any atom is -0.469 e. The monoisotopic (exact) mass is 342 g/mol. The highest BCUT2D eigenvalue weighted by Crippen LogP contribution is 2.26. The Kier molecular flexibility index (Phi) is 5.03. The summed E-state index contributed by atoms with van der Waals surface area (Å²) in [5.74, 6) is 1.14. The SMILES string of the molecule is Cc1coc(CC(C)(O)C(Cc2occc2C)OS(C)(=O)=O)c1. The lowest BCUT2D eigenvalue weighted by Gasteiger charge is -2.31. The van der Waals surface area contributed by atoms with Gasteiger partial charge in [0, 0.05) is 12.8 Å². The molecule has 0 spiro atoms. The van der Waals surface area contributed by atoms with E-state index < -0.39 is 21.8 Å². The Balaban J connectivity index is 2.25. The van der Waals surface area contributed by atoms with Crippen molar-refractivity contribution in [3.8, 4) is 0 Å². The molecule has 2 aromatic rings. The van der Waals surface area contributed by atoms with Crippen LogP contribution in [0.3, 0.4) is 0 Å². The fraction of sp³-hybridized carbons (Fsp3) is 0.500. The molecule has 0 bridgehead atoms. The third-order valence-corrected chi connectivity index (χ3v) is 4.22. The fourth-order valence-corrected chi connectivity index (χ4v) is 3.10. The topological polar surface area (TPSA) is 89.9 Å². The van der Waals surface area contributed by atoms with Crippen molar-refractivity contribution in [3.05, 3.63) is 47.3 Å². The van der Waals surface area contributed by atoms with E-state index in [1.807, 2.05) is 13.8 Å². The van der Waals surface area contributed by atoms with Crippen molar-refractivity contribution in [2.24, 2.45) is 0 Å². The quantitative estimate of drug-likeness (QED) is 0.777. The van der Waals surface area contributed by atoms with E-state index in [-0.39, 0.29) is 12.8 Å². The van der Waals surface area contributed by atoms with E-state index in [0.29, 0.717) is 11.5 Å². The number of aryl methyl sites for hydroxylation is 2. The van der Waals surface area contributed by atoms with Gasteiger partial charge in [-0.25, -0.2) is 0 Å². The van der Waals surface area contributed by atoms with Crippen LogP contribution in [0.1, 0.15) is 29.6 Å². The highest BCUT2D eigenvalue weighted by molar-refractivity contribution is 7.86. The van der Waals surface area contributed by atoms with Gasteiger partial charge in [-0.05, 0) is 44.0 Å². The summed E-state index contributed by atoms with van der Waals surface area (Å²) in [5.41, 5.74) is 0.349. The van der Waals surface area contributed by atoms with Gasteiger partial charge in [0.05, 0.1) is 24.4 Å². The van der Waals surface area contributed by atoms with Crippen LogP contribution >= 0.6 is 0 Å². The maximum atomic E-state index is 11.6. The van der Waals surface area contributed by atoms with E-state index in [0.717, 1.165) is 17.4 Å². The molecule has 2 atom stereocenters. The summed E-state index contributed by atoms with van der Waals surface area (Å²) in [6.07, 6.45) is 3.33. The summed E-state index contributed by atoms with van der Waals surface area (Å²) in [6, 6.07) is 3.57. The maximum absolute atomic E-state index is 11.6. The lowest BCUT2D eigenvalue weighted by atomic mass is 9.90. The second-order valence-electron chi connectivity index (χ2n) is 6.14. The molecule has 2 heterocycles. The van der Waals surface area contributed by atoms with Gasteiger partial charge in [-0.3, -0.25) is 4.18 Å². The van der Waals surface area contributed by atoms with E-state index in [9.17, 15) is 13.5 Å². The first-order valence-electron chi connectivity index (χ1n) is 7.24. The Bertz CT molecular complexity index is 753. The summed E-state index contributed by atoms with van der Waals surface area (Å²) in [4.78, 5) is 0. The molecule has 0 aliphatic heterocycles. The first kappa shape index (κ1) is 17.8. The van der Waals surface area contributed by atoms with Crippen LogP contribution < -0.4 is 0 Å². The van der Waals surface area contributed by atoms with Crippen molar-refractivity contribution >= 4 is 10.1 Å². The normalized spacial score (nSPS) is 16.2. The second kappa shape index (κ2) is 6.51. The molecule has 6 nitrogen and oxygen atoms in total. The molecule has 0 aliphatic carbocycles. The molecule has 0 saturated heterocycles. The summed E-state index contributed by atoms with van der Waals surface area (Å²) in [5, 5.41) is 10.8. The summed E-state index contributed by atoms with van der Waals surface area (Å²) in [7, 11) is -3.74. The fourth-order valence-electron chi connectivity index (χ4n) is 2.40. The second-order valence-corrected chi connectivity index (χ2v) is 7.74. The molecule has 0 saturated carbocycles. The molecule has 7 heteroatoms. The molecule has 0 aliphatic rings. The maximum Gasteiger partial charge on any atom is 0.264 e. The number of hydrogen-bond donors (Lipinski definition) is 1. The zero-order valence-corrected chi connectivity index (χ0v) is 14.5. The summed E-state index contributed by atoms with van der Waals surface area (Å²) in [6.45, 7) is 5.25. The zero-order valence-electron chi connectivity index (χ0n) is 13.7. The van der Waals surface area contributed by atoms with E-state index in [1.54, 1.807) is 18.4 Å². The first-order valence-corrected chi connectivity index (χ1v) is 9.06. The van der Waals surface area contributed by atoms with Crippen molar-refractivity contribution in [3.63, 3.8) is 0 Å². The average molecular weight is 342 g/mol. The average Bonchev–Trinajstić information content (AvgIpc) is 2.96. The smallest absolute Gasteiger partial charge is 0.264 e. The van der Waals surface area contributed by atoms with E-state index in [4.69, 9.17) is 13.0 Å². The molecular formula is C16H22O6S. The van der Waals surface area contributed by atoms with E-state index in [1.165, 1.54) is 13.2 Å². The van der Waals surface area contributed by atoms with Crippen LogP contribution in [0.15, 0.2) is 33.5 Å². The highest BCUT2D eigenvalue weighted by atomic mass is 32.2. The zero-order chi connectivity index (χ0) is 17.3. The lowest BCUT2D eigenvalue weighted by Crippen LogP contribution is -2.45. The third-order valence-electron chi connectivity index (χ3n) is 3.64. The standard InChI is InChI=1S/C16H22O6S/c1-11-7-13(21-10-11)9-16(3,17)15(22-23(4,18)19)8-14-12(2)5-6-20-14/h5-7,10,15,17H,8-9H2,1-4H3. The van der Waals surface area contributed by atoms with Gasteiger partial charge in [-0.15, -0.1) is 0 Å². The Morgan fingerprint density at radius 1 is 1.35 bits per heavy atom. The predicted molar refractivity (Wildman–Crippen MR) is 84.6 cm³/mol. The van der Waals surface area contributed by atoms with Crippen LogP contribution in [0.25, 0.3) is 0 Å².